The van der Waals surface area contributed by atoms with Crippen molar-refractivity contribution in [2.45, 2.75) is 25.3 Å². The molecule has 2 N–H and O–H groups in total. The molecule has 8 heteroatoms. The lowest BCUT2D eigenvalue weighted by Gasteiger charge is -2.13. The number of imide groups is 1. The second-order valence-corrected chi connectivity index (χ2v) is 6.44. The standard InChI is InChI=1S/C20H19F2N3O3/c21-15-7-6-14(12-16(15)22)23-18(26)9-8-17-19(27)25(20(28)24-17)11-10-13-4-2-1-3-5-13/h1-7,12,17H,8-11H2,(H,23,26)(H,24,28). The molecule has 0 aromatic heterocycles. The second kappa shape index (κ2) is 8.60. The van der Waals surface area contributed by atoms with E-state index in [0.717, 1.165) is 22.6 Å². The summed E-state index contributed by atoms with van der Waals surface area (Å²) < 4.78 is 26.1. The molecule has 1 fully saturated rings. The van der Waals surface area contributed by atoms with Crippen LogP contribution in [0.5, 0.6) is 0 Å². The van der Waals surface area contributed by atoms with Crippen LogP contribution in [-0.4, -0.2) is 35.3 Å². The molecular weight excluding hydrogens is 368 g/mol. The Morgan fingerprint density at radius 3 is 2.54 bits per heavy atom. The molecule has 0 radical (unpaired) electrons. The van der Waals surface area contributed by atoms with E-state index in [1.807, 2.05) is 30.3 Å². The third kappa shape index (κ3) is 4.70. The van der Waals surface area contributed by atoms with Gasteiger partial charge in [0, 0.05) is 24.7 Å². The lowest BCUT2D eigenvalue weighted by Crippen LogP contribution is -2.33. The molecule has 6 nitrogen and oxygen atoms in total. The molecule has 1 aliphatic rings. The third-order valence-corrected chi connectivity index (χ3v) is 4.44. The number of hydrogen-bond donors (Lipinski definition) is 2. The number of rotatable bonds is 7. The van der Waals surface area contributed by atoms with E-state index in [0.29, 0.717) is 6.42 Å². The van der Waals surface area contributed by atoms with Crippen LogP contribution in [-0.2, 0) is 16.0 Å². The highest BCUT2D eigenvalue weighted by Gasteiger charge is 2.37. The summed E-state index contributed by atoms with van der Waals surface area (Å²) >= 11 is 0. The van der Waals surface area contributed by atoms with Crippen LogP contribution >= 0.6 is 0 Å². The Balaban J connectivity index is 1.49. The molecule has 1 aliphatic heterocycles. The van der Waals surface area contributed by atoms with E-state index >= 15 is 0 Å². The Morgan fingerprint density at radius 2 is 1.82 bits per heavy atom. The van der Waals surface area contributed by atoms with Gasteiger partial charge in [0.05, 0.1) is 0 Å². The van der Waals surface area contributed by atoms with Crippen molar-refractivity contribution in [3.8, 4) is 0 Å². The van der Waals surface area contributed by atoms with E-state index in [1.54, 1.807) is 0 Å². The third-order valence-electron chi connectivity index (χ3n) is 4.44. The number of benzene rings is 2. The first kappa shape index (κ1) is 19.5. The molecule has 3 rings (SSSR count). The largest absolute Gasteiger partial charge is 0.326 e. The summed E-state index contributed by atoms with van der Waals surface area (Å²) in [7, 11) is 0. The van der Waals surface area contributed by atoms with Crippen LogP contribution in [0, 0.1) is 11.6 Å². The van der Waals surface area contributed by atoms with Gasteiger partial charge in [-0.1, -0.05) is 30.3 Å². The molecule has 1 atom stereocenters. The van der Waals surface area contributed by atoms with E-state index in [4.69, 9.17) is 0 Å². The van der Waals surface area contributed by atoms with E-state index in [9.17, 15) is 23.2 Å². The number of hydrogen-bond acceptors (Lipinski definition) is 3. The summed E-state index contributed by atoms with van der Waals surface area (Å²) in [6.07, 6.45) is 0.605. The molecule has 146 valence electrons. The SMILES string of the molecule is O=C(CCC1NC(=O)N(CCc2ccccc2)C1=O)Nc1ccc(F)c(F)c1. The van der Waals surface area contributed by atoms with Gasteiger partial charge in [-0.3, -0.25) is 14.5 Å². The zero-order valence-electron chi connectivity index (χ0n) is 15.0. The average Bonchev–Trinajstić information content (AvgIpc) is 2.95. The Bertz CT molecular complexity index is 890. The summed E-state index contributed by atoms with van der Waals surface area (Å²) in [5.74, 6) is -2.91. The van der Waals surface area contributed by atoms with Crippen molar-refractivity contribution in [2.24, 2.45) is 0 Å². The summed E-state index contributed by atoms with van der Waals surface area (Å²) in [4.78, 5) is 37.6. The van der Waals surface area contributed by atoms with E-state index in [1.165, 1.54) is 6.07 Å². The Morgan fingerprint density at radius 1 is 1.07 bits per heavy atom. The highest BCUT2D eigenvalue weighted by molar-refractivity contribution is 6.04. The van der Waals surface area contributed by atoms with Gasteiger partial charge in [0.25, 0.3) is 5.91 Å². The van der Waals surface area contributed by atoms with Crippen molar-refractivity contribution < 1.29 is 23.2 Å². The molecule has 28 heavy (non-hydrogen) atoms. The number of nitrogens with one attached hydrogen (secondary N) is 2. The first-order valence-electron chi connectivity index (χ1n) is 8.85. The predicted molar refractivity (Wildman–Crippen MR) is 98.4 cm³/mol. The van der Waals surface area contributed by atoms with Crippen molar-refractivity contribution >= 4 is 23.5 Å². The van der Waals surface area contributed by atoms with Crippen LogP contribution in [0.25, 0.3) is 0 Å². The van der Waals surface area contributed by atoms with Crippen molar-refractivity contribution in [1.29, 1.82) is 0 Å². The number of carbonyl (C=O) groups is 3. The Hall–Kier alpha value is -3.29. The molecule has 4 amide bonds. The van der Waals surface area contributed by atoms with Gasteiger partial charge in [-0.2, -0.15) is 0 Å². The fourth-order valence-corrected chi connectivity index (χ4v) is 2.94. The second-order valence-electron chi connectivity index (χ2n) is 6.44. The molecule has 0 spiro atoms. The van der Waals surface area contributed by atoms with Crippen molar-refractivity contribution in [3.63, 3.8) is 0 Å². The minimum absolute atomic E-state index is 0.0534. The van der Waals surface area contributed by atoms with Gasteiger partial charge in [0.15, 0.2) is 11.6 Å². The van der Waals surface area contributed by atoms with E-state index in [2.05, 4.69) is 10.6 Å². The van der Waals surface area contributed by atoms with Gasteiger partial charge >= 0.3 is 6.03 Å². The monoisotopic (exact) mass is 387 g/mol. The van der Waals surface area contributed by atoms with Crippen molar-refractivity contribution in [2.75, 3.05) is 11.9 Å². The van der Waals surface area contributed by atoms with Gasteiger partial charge in [-0.15, -0.1) is 0 Å². The average molecular weight is 387 g/mol. The van der Waals surface area contributed by atoms with Crippen molar-refractivity contribution in [1.82, 2.24) is 10.2 Å². The highest BCUT2D eigenvalue weighted by Crippen LogP contribution is 2.16. The number of nitrogens with zero attached hydrogens (tertiary/aromatic N) is 1. The highest BCUT2D eigenvalue weighted by atomic mass is 19.2. The van der Waals surface area contributed by atoms with Crippen LogP contribution in [0.1, 0.15) is 18.4 Å². The number of halogens is 2. The maximum Gasteiger partial charge on any atom is 0.324 e. The maximum atomic E-state index is 13.2. The molecule has 1 unspecified atom stereocenters. The molecule has 2 aromatic rings. The maximum absolute atomic E-state index is 13.2. The van der Waals surface area contributed by atoms with Crippen molar-refractivity contribution in [3.05, 3.63) is 65.7 Å². The number of urea groups is 1. The molecule has 1 saturated heterocycles. The summed E-state index contributed by atoms with van der Waals surface area (Å²) in [6.45, 7) is 0.256. The molecule has 0 aliphatic carbocycles. The lowest BCUT2D eigenvalue weighted by molar-refractivity contribution is -0.127. The van der Waals surface area contributed by atoms with Crippen LogP contribution in [0.3, 0.4) is 0 Å². The van der Waals surface area contributed by atoms with Crippen LogP contribution in [0.4, 0.5) is 19.3 Å². The zero-order valence-corrected chi connectivity index (χ0v) is 15.0. The van der Waals surface area contributed by atoms with Crippen LogP contribution in [0.15, 0.2) is 48.5 Å². The van der Waals surface area contributed by atoms with Gasteiger partial charge < -0.3 is 10.6 Å². The van der Waals surface area contributed by atoms with Gasteiger partial charge in [0.2, 0.25) is 5.91 Å². The molecule has 0 saturated carbocycles. The van der Waals surface area contributed by atoms with Gasteiger partial charge in [-0.05, 0) is 30.5 Å². The number of anilines is 1. The summed E-state index contributed by atoms with van der Waals surface area (Å²) in [5, 5.41) is 5.01. The fourth-order valence-electron chi connectivity index (χ4n) is 2.94. The van der Waals surface area contributed by atoms with E-state index in [-0.39, 0.29) is 31.0 Å². The number of carbonyl (C=O) groups excluding carboxylic acids is 3. The minimum Gasteiger partial charge on any atom is -0.326 e. The first-order chi connectivity index (χ1) is 13.4. The van der Waals surface area contributed by atoms with Crippen LogP contribution < -0.4 is 10.6 Å². The number of amides is 4. The smallest absolute Gasteiger partial charge is 0.324 e. The molecular formula is C20H19F2N3O3. The summed E-state index contributed by atoms with van der Waals surface area (Å²) in [5.41, 5.74) is 1.13. The Labute approximate surface area is 160 Å². The molecule has 0 bridgehead atoms. The minimum atomic E-state index is -1.06. The summed E-state index contributed by atoms with van der Waals surface area (Å²) in [6, 6.07) is 11.3. The fraction of sp³-hybridized carbons (Fsp3) is 0.250. The molecule has 1 heterocycles. The Kier molecular flexibility index (Phi) is 5.98. The molecule has 2 aromatic carbocycles. The first-order valence-corrected chi connectivity index (χ1v) is 8.85. The topological polar surface area (TPSA) is 78.5 Å². The van der Waals surface area contributed by atoms with Gasteiger partial charge in [0.1, 0.15) is 6.04 Å². The quantitative estimate of drug-likeness (QED) is 0.717. The lowest BCUT2D eigenvalue weighted by atomic mass is 10.1. The van der Waals surface area contributed by atoms with Crippen LogP contribution in [0.2, 0.25) is 0 Å². The van der Waals surface area contributed by atoms with E-state index < -0.39 is 29.6 Å². The normalized spacial score (nSPS) is 16.2. The predicted octanol–water partition coefficient (Wildman–Crippen LogP) is 2.85. The zero-order chi connectivity index (χ0) is 20.1. The van der Waals surface area contributed by atoms with Gasteiger partial charge in [-0.25, -0.2) is 13.6 Å².